The molecule has 5 nitrogen and oxygen atoms in total. The number of carboxylic acid groups (broad SMARTS) is 1. The summed E-state index contributed by atoms with van der Waals surface area (Å²) in [5, 5.41) is 8.87. The number of aliphatic carboxylic acids is 1. The molecule has 9 heteroatoms. The van der Waals surface area contributed by atoms with Crippen molar-refractivity contribution >= 4 is 40.1 Å². The molecule has 2 unspecified atom stereocenters. The van der Waals surface area contributed by atoms with E-state index in [1.807, 2.05) is 60.1 Å². The quantitative estimate of drug-likeness (QED) is 0.312. The molecular formula is C28H30F2N2O3S2. The summed E-state index contributed by atoms with van der Waals surface area (Å²) in [7, 11) is 0.449. The van der Waals surface area contributed by atoms with Crippen LogP contribution in [-0.4, -0.2) is 45.5 Å². The Balaban J connectivity index is 1.85. The second kappa shape index (κ2) is 11.3. The lowest BCUT2D eigenvalue weighted by Crippen LogP contribution is -2.38. The number of carboxylic acids is 1. The monoisotopic (exact) mass is 544 g/mol. The van der Waals surface area contributed by atoms with Crippen LogP contribution in [0, 0.1) is 0 Å². The number of alkyl halides is 2. The van der Waals surface area contributed by atoms with Crippen LogP contribution in [-0.2, 0) is 21.7 Å². The van der Waals surface area contributed by atoms with Gasteiger partial charge in [-0.1, -0.05) is 62.2 Å². The first-order valence-electron chi connectivity index (χ1n) is 12.1. The van der Waals surface area contributed by atoms with Gasteiger partial charge in [0.2, 0.25) is 0 Å². The summed E-state index contributed by atoms with van der Waals surface area (Å²) in [6, 6.07) is 19.3. The third-order valence-corrected chi connectivity index (χ3v) is 9.02. The van der Waals surface area contributed by atoms with Gasteiger partial charge in [0.1, 0.15) is 11.0 Å². The van der Waals surface area contributed by atoms with E-state index in [0.717, 1.165) is 53.2 Å². The Morgan fingerprint density at radius 1 is 1.14 bits per heavy atom. The van der Waals surface area contributed by atoms with Gasteiger partial charge in [0.05, 0.1) is 10.6 Å². The SMILES string of the molecule is CCCCC1CN(c2ccccc2)c2cc(SC)c(-c3ccc(C(F)(F)C(=O)O)cc3)cc2S(=O)N1C. The highest BCUT2D eigenvalue weighted by atomic mass is 32.2. The highest BCUT2D eigenvalue weighted by Crippen LogP contribution is 2.43. The predicted molar refractivity (Wildman–Crippen MR) is 146 cm³/mol. The smallest absolute Gasteiger partial charge is 0.379 e. The lowest BCUT2D eigenvalue weighted by atomic mass is 10.0. The molecule has 0 aromatic heterocycles. The topological polar surface area (TPSA) is 60.9 Å². The molecule has 1 heterocycles. The fraction of sp³-hybridized carbons (Fsp3) is 0.321. The molecule has 196 valence electrons. The highest BCUT2D eigenvalue weighted by molar-refractivity contribution is 7.98. The number of likely N-dealkylation sites (N-methyl/N-ethyl adjacent to an activating group) is 1. The zero-order valence-electron chi connectivity index (χ0n) is 21.0. The van der Waals surface area contributed by atoms with Crippen molar-refractivity contribution in [1.29, 1.82) is 0 Å². The van der Waals surface area contributed by atoms with Crippen LogP contribution in [0.2, 0.25) is 0 Å². The number of para-hydroxylation sites is 1. The van der Waals surface area contributed by atoms with Gasteiger partial charge in [-0.05, 0) is 48.1 Å². The van der Waals surface area contributed by atoms with Crippen LogP contribution in [0.25, 0.3) is 11.1 Å². The van der Waals surface area contributed by atoms with Crippen molar-refractivity contribution in [3.63, 3.8) is 0 Å². The number of anilines is 2. The molecule has 0 radical (unpaired) electrons. The number of benzene rings is 3. The molecule has 1 N–H and O–H groups in total. The molecule has 3 aromatic carbocycles. The summed E-state index contributed by atoms with van der Waals surface area (Å²) in [6.45, 7) is 2.83. The number of hydrogen-bond acceptors (Lipinski definition) is 4. The zero-order chi connectivity index (χ0) is 26.7. The fourth-order valence-corrected chi connectivity index (χ4v) is 6.50. The molecule has 1 aliphatic heterocycles. The zero-order valence-corrected chi connectivity index (χ0v) is 22.6. The molecule has 0 amide bonds. The molecule has 4 rings (SSSR count). The van der Waals surface area contributed by atoms with E-state index >= 15 is 0 Å². The van der Waals surface area contributed by atoms with Gasteiger partial charge in [-0.25, -0.2) is 13.3 Å². The third-order valence-electron chi connectivity index (χ3n) is 6.71. The molecule has 0 aliphatic carbocycles. The normalized spacial score (nSPS) is 18.4. The van der Waals surface area contributed by atoms with E-state index in [2.05, 4.69) is 11.8 Å². The molecule has 1 aliphatic rings. The first-order chi connectivity index (χ1) is 17.7. The van der Waals surface area contributed by atoms with E-state index in [4.69, 9.17) is 5.11 Å². The number of fused-ring (bicyclic) bond motifs is 1. The fourth-order valence-electron chi connectivity index (χ4n) is 4.56. The second-order valence-electron chi connectivity index (χ2n) is 9.01. The number of hydrogen-bond donors (Lipinski definition) is 1. The van der Waals surface area contributed by atoms with E-state index in [0.29, 0.717) is 17.0 Å². The average molecular weight is 545 g/mol. The van der Waals surface area contributed by atoms with Crippen LogP contribution >= 0.6 is 11.8 Å². The van der Waals surface area contributed by atoms with E-state index in [9.17, 15) is 17.8 Å². The maximum atomic E-state index is 14.0. The molecule has 0 bridgehead atoms. The molecule has 2 atom stereocenters. The predicted octanol–water partition coefficient (Wildman–Crippen LogP) is 6.92. The van der Waals surface area contributed by atoms with E-state index in [1.165, 1.54) is 23.9 Å². The molecule has 0 saturated heterocycles. The number of rotatable bonds is 8. The van der Waals surface area contributed by atoms with Gasteiger partial charge >= 0.3 is 11.9 Å². The van der Waals surface area contributed by atoms with Gasteiger partial charge in [-0.2, -0.15) is 8.78 Å². The number of thioether (sulfide) groups is 1. The Morgan fingerprint density at radius 2 is 1.81 bits per heavy atom. The van der Waals surface area contributed by atoms with Crippen molar-refractivity contribution in [3.05, 3.63) is 72.3 Å². The molecule has 0 fully saturated rings. The average Bonchev–Trinajstić information content (AvgIpc) is 3.01. The standard InChI is InChI=1S/C28H30F2N2O3S2/c1-4-5-9-22-18-32(21-10-7-6-8-11-21)24-17-25(36-3)23(16-26(24)37(35)31(22)2)19-12-14-20(15-13-19)28(29,30)27(33)34/h6-8,10-17,22H,4-5,9,18H2,1-3H3,(H,33,34). The number of nitrogens with zero attached hydrogens (tertiary/aromatic N) is 2. The van der Waals surface area contributed by atoms with Crippen LogP contribution in [0.5, 0.6) is 0 Å². The van der Waals surface area contributed by atoms with Crippen molar-refractivity contribution < 1.29 is 22.9 Å². The van der Waals surface area contributed by atoms with E-state index in [1.54, 1.807) is 0 Å². The van der Waals surface area contributed by atoms with Gasteiger partial charge in [0, 0.05) is 35.8 Å². The summed E-state index contributed by atoms with van der Waals surface area (Å²) < 4.78 is 43.8. The Morgan fingerprint density at radius 3 is 2.41 bits per heavy atom. The number of halogens is 2. The van der Waals surface area contributed by atoms with Gasteiger partial charge < -0.3 is 10.0 Å². The third kappa shape index (κ3) is 5.44. The number of unbranched alkanes of at least 4 members (excludes halogenated alkanes) is 1. The minimum absolute atomic E-state index is 0.0760. The first-order valence-corrected chi connectivity index (χ1v) is 14.4. The van der Waals surface area contributed by atoms with Gasteiger partial charge in [-0.3, -0.25) is 0 Å². The van der Waals surface area contributed by atoms with Crippen LogP contribution < -0.4 is 4.90 Å². The minimum atomic E-state index is -3.97. The molecule has 0 spiro atoms. The highest BCUT2D eigenvalue weighted by Gasteiger charge is 2.41. The van der Waals surface area contributed by atoms with Crippen molar-refractivity contribution in [3.8, 4) is 11.1 Å². The van der Waals surface area contributed by atoms with Crippen LogP contribution in [0.15, 0.2) is 76.5 Å². The van der Waals surface area contributed by atoms with Crippen LogP contribution in [0.1, 0.15) is 31.7 Å². The molecular weight excluding hydrogens is 514 g/mol. The lowest BCUT2D eigenvalue weighted by Gasteiger charge is -2.30. The first kappa shape index (κ1) is 27.3. The van der Waals surface area contributed by atoms with Crippen molar-refractivity contribution in [2.45, 2.75) is 47.9 Å². The lowest BCUT2D eigenvalue weighted by molar-refractivity contribution is -0.166. The minimum Gasteiger partial charge on any atom is -0.477 e. The number of carbonyl (C=O) groups is 1. The Hall–Kier alpha value is -2.75. The van der Waals surface area contributed by atoms with Crippen molar-refractivity contribution in [2.75, 3.05) is 24.7 Å². The van der Waals surface area contributed by atoms with Gasteiger partial charge in [0.25, 0.3) is 0 Å². The van der Waals surface area contributed by atoms with Gasteiger partial charge in [0.15, 0.2) is 0 Å². The molecule has 0 saturated carbocycles. The van der Waals surface area contributed by atoms with Crippen molar-refractivity contribution in [2.24, 2.45) is 0 Å². The van der Waals surface area contributed by atoms with Crippen molar-refractivity contribution in [1.82, 2.24) is 4.31 Å². The summed E-state index contributed by atoms with van der Waals surface area (Å²) in [5.41, 5.74) is 2.70. The summed E-state index contributed by atoms with van der Waals surface area (Å²) in [5.74, 6) is -6.16. The maximum absolute atomic E-state index is 14.0. The largest absolute Gasteiger partial charge is 0.477 e. The van der Waals surface area contributed by atoms with E-state index < -0.39 is 28.4 Å². The Bertz CT molecular complexity index is 1290. The molecule has 3 aromatic rings. The second-order valence-corrected chi connectivity index (χ2v) is 11.4. The Labute approximate surface area is 223 Å². The van der Waals surface area contributed by atoms with Gasteiger partial charge in [-0.15, -0.1) is 11.8 Å². The molecule has 37 heavy (non-hydrogen) atoms. The maximum Gasteiger partial charge on any atom is 0.379 e. The van der Waals surface area contributed by atoms with Crippen LogP contribution in [0.4, 0.5) is 20.2 Å². The summed E-state index contributed by atoms with van der Waals surface area (Å²) >= 11 is 1.52. The summed E-state index contributed by atoms with van der Waals surface area (Å²) in [6.07, 6.45) is 4.93. The van der Waals surface area contributed by atoms with E-state index in [-0.39, 0.29) is 6.04 Å². The van der Waals surface area contributed by atoms with Crippen LogP contribution in [0.3, 0.4) is 0 Å². The Kier molecular flexibility index (Phi) is 8.36. The summed E-state index contributed by atoms with van der Waals surface area (Å²) in [4.78, 5) is 14.8.